The molecule has 3 N–H and O–H groups in total. The highest BCUT2D eigenvalue weighted by atomic mass is 16.5. The van der Waals surface area contributed by atoms with Gasteiger partial charge in [0.2, 0.25) is 0 Å². The minimum atomic E-state index is -0.849. The third kappa shape index (κ3) is 4.49. The summed E-state index contributed by atoms with van der Waals surface area (Å²) in [7, 11) is 1.96. The normalized spacial score (nSPS) is 12.3. The van der Waals surface area contributed by atoms with Crippen molar-refractivity contribution in [2.75, 3.05) is 6.61 Å². The van der Waals surface area contributed by atoms with Crippen LogP contribution < -0.4 is 10.7 Å². The molecule has 0 aliphatic carbocycles. The molecule has 32 heavy (non-hydrogen) atoms. The Hall–Kier alpha value is -4.07. The quantitative estimate of drug-likeness (QED) is 0.309. The summed E-state index contributed by atoms with van der Waals surface area (Å²) >= 11 is 0. The predicted molar refractivity (Wildman–Crippen MR) is 125 cm³/mol. The molecule has 2 amide bonds. The van der Waals surface area contributed by atoms with Crippen LogP contribution in [0, 0.1) is 0 Å². The van der Waals surface area contributed by atoms with Crippen LogP contribution >= 0.6 is 0 Å². The first-order chi connectivity index (χ1) is 15.6. The molecule has 0 spiro atoms. The van der Waals surface area contributed by atoms with Crippen LogP contribution in [0.2, 0.25) is 0 Å². The van der Waals surface area contributed by atoms with E-state index in [0.717, 1.165) is 32.9 Å². The number of para-hydroxylation sites is 2. The Morgan fingerprint density at radius 2 is 1.91 bits per heavy atom. The lowest BCUT2D eigenvalue weighted by Gasteiger charge is -2.16. The standard InChI is InChI=1S/C24H25N5O3/c1-3-32-24(31)27-21(12-16-13-25-20-10-6-4-8-18(16)20)23(30)28-26-14-17-15-29(2)22-11-7-5-9-19(17)22/h4-11,13-15,21,25H,3,12H2,1-2H3,(H,27,31)(H,28,30)/b26-14-/t21-/m1/s1. The molecular formula is C24H25N5O3. The summed E-state index contributed by atoms with van der Waals surface area (Å²) in [6.07, 6.45) is 5.04. The lowest BCUT2D eigenvalue weighted by molar-refractivity contribution is -0.123. The summed E-state index contributed by atoms with van der Waals surface area (Å²) in [5.41, 5.74) is 6.39. The number of nitrogens with one attached hydrogen (secondary N) is 3. The van der Waals surface area contributed by atoms with Gasteiger partial charge in [0.1, 0.15) is 6.04 Å². The number of fused-ring (bicyclic) bond motifs is 2. The number of carbonyl (C=O) groups excluding carboxylic acids is 2. The highest BCUT2D eigenvalue weighted by Gasteiger charge is 2.23. The largest absolute Gasteiger partial charge is 0.450 e. The topological polar surface area (TPSA) is 101 Å². The number of hydrogen-bond acceptors (Lipinski definition) is 4. The molecular weight excluding hydrogens is 406 g/mol. The predicted octanol–water partition coefficient (Wildman–Crippen LogP) is 3.47. The number of amides is 2. The molecule has 0 bridgehead atoms. The monoisotopic (exact) mass is 431 g/mol. The Morgan fingerprint density at radius 3 is 2.72 bits per heavy atom. The first-order valence-corrected chi connectivity index (χ1v) is 10.4. The van der Waals surface area contributed by atoms with Gasteiger partial charge in [-0.15, -0.1) is 0 Å². The maximum Gasteiger partial charge on any atom is 0.407 e. The van der Waals surface area contributed by atoms with Gasteiger partial charge in [-0.3, -0.25) is 4.79 Å². The van der Waals surface area contributed by atoms with Crippen LogP contribution in [0.5, 0.6) is 0 Å². The second-order valence-electron chi connectivity index (χ2n) is 7.43. The van der Waals surface area contributed by atoms with Gasteiger partial charge in [-0.2, -0.15) is 5.10 Å². The lowest BCUT2D eigenvalue weighted by Crippen LogP contribution is -2.47. The number of aryl methyl sites for hydroxylation is 1. The SMILES string of the molecule is CCOC(=O)N[C@H](Cc1c[nH]c2ccccc12)C(=O)N/N=C\c1cn(C)c2ccccc12. The highest BCUT2D eigenvalue weighted by molar-refractivity contribution is 6.00. The summed E-state index contributed by atoms with van der Waals surface area (Å²) in [4.78, 5) is 28.1. The van der Waals surface area contributed by atoms with Gasteiger partial charge in [-0.25, -0.2) is 10.2 Å². The van der Waals surface area contributed by atoms with E-state index in [1.807, 2.05) is 72.5 Å². The molecule has 8 heteroatoms. The average molecular weight is 431 g/mol. The van der Waals surface area contributed by atoms with Gasteiger partial charge < -0.3 is 19.6 Å². The van der Waals surface area contributed by atoms with Crippen LogP contribution in [-0.2, 0) is 23.0 Å². The number of carbonyl (C=O) groups is 2. The highest BCUT2D eigenvalue weighted by Crippen LogP contribution is 2.20. The average Bonchev–Trinajstić information content (AvgIpc) is 3.35. The van der Waals surface area contributed by atoms with Crippen molar-refractivity contribution in [3.63, 3.8) is 0 Å². The van der Waals surface area contributed by atoms with Crippen LogP contribution in [0.1, 0.15) is 18.1 Å². The van der Waals surface area contributed by atoms with E-state index in [1.54, 1.807) is 13.1 Å². The molecule has 2 heterocycles. The molecule has 1 atom stereocenters. The molecule has 0 fully saturated rings. The Morgan fingerprint density at radius 1 is 1.16 bits per heavy atom. The number of aromatic nitrogens is 2. The summed E-state index contributed by atoms with van der Waals surface area (Å²) in [6, 6.07) is 14.9. The van der Waals surface area contributed by atoms with Crippen molar-refractivity contribution in [2.45, 2.75) is 19.4 Å². The Bertz CT molecular complexity index is 1290. The van der Waals surface area contributed by atoms with Crippen molar-refractivity contribution < 1.29 is 14.3 Å². The van der Waals surface area contributed by atoms with Crippen LogP contribution in [0.3, 0.4) is 0 Å². The molecule has 0 saturated heterocycles. The van der Waals surface area contributed by atoms with Gasteiger partial charge in [0.25, 0.3) is 5.91 Å². The fraction of sp³-hybridized carbons (Fsp3) is 0.208. The van der Waals surface area contributed by atoms with E-state index in [9.17, 15) is 9.59 Å². The minimum Gasteiger partial charge on any atom is -0.450 e. The molecule has 0 saturated carbocycles. The smallest absolute Gasteiger partial charge is 0.407 e. The van der Waals surface area contributed by atoms with E-state index >= 15 is 0 Å². The molecule has 0 aliphatic rings. The van der Waals surface area contributed by atoms with Crippen LogP contribution in [0.25, 0.3) is 21.8 Å². The fourth-order valence-corrected chi connectivity index (χ4v) is 3.76. The first-order valence-electron chi connectivity index (χ1n) is 10.4. The minimum absolute atomic E-state index is 0.215. The molecule has 0 radical (unpaired) electrons. The lowest BCUT2D eigenvalue weighted by atomic mass is 10.0. The maximum absolute atomic E-state index is 12.9. The number of hydrazone groups is 1. The number of alkyl carbamates (subject to hydrolysis) is 1. The zero-order valence-electron chi connectivity index (χ0n) is 18.0. The fourth-order valence-electron chi connectivity index (χ4n) is 3.76. The summed E-state index contributed by atoms with van der Waals surface area (Å²) < 4.78 is 6.98. The Balaban J connectivity index is 1.51. The molecule has 4 rings (SSSR count). The number of ether oxygens (including phenoxy) is 1. The molecule has 2 aromatic heterocycles. The molecule has 0 unspecified atom stereocenters. The summed E-state index contributed by atoms with van der Waals surface area (Å²) in [5, 5.41) is 8.80. The van der Waals surface area contributed by atoms with Crippen molar-refractivity contribution in [3.8, 4) is 0 Å². The zero-order chi connectivity index (χ0) is 22.5. The van der Waals surface area contributed by atoms with Gasteiger partial charge in [0.05, 0.1) is 12.8 Å². The van der Waals surface area contributed by atoms with Crippen LogP contribution in [-0.4, -0.2) is 40.4 Å². The van der Waals surface area contributed by atoms with Crippen molar-refractivity contribution in [1.82, 2.24) is 20.3 Å². The number of H-pyrrole nitrogens is 1. The van der Waals surface area contributed by atoms with E-state index in [2.05, 4.69) is 20.8 Å². The number of nitrogens with zero attached hydrogens (tertiary/aromatic N) is 2. The first kappa shape index (κ1) is 21.2. The van der Waals surface area contributed by atoms with Gasteiger partial charge in [0, 0.05) is 53.2 Å². The summed E-state index contributed by atoms with van der Waals surface area (Å²) in [5.74, 6) is -0.431. The van der Waals surface area contributed by atoms with Crippen molar-refractivity contribution in [1.29, 1.82) is 0 Å². The second-order valence-corrected chi connectivity index (χ2v) is 7.43. The van der Waals surface area contributed by atoms with Crippen LogP contribution in [0.4, 0.5) is 4.79 Å². The number of rotatable bonds is 7. The Labute approximate surface area is 185 Å². The summed E-state index contributed by atoms with van der Waals surface area (Å²) in [6.45, 7) is 1.93. The van der Waals surface area contributed by atoms with Crippen molar-refractivity contribution >= 4 is 40.0 Å². The van der Waals surface area contributed by atoms with E-state index in [1.165, 1.54) is 0 Å². The molecule has 4 aromatic rings. The zero-order valence-corrected chi connectivity index (χ0v) is 18.0. The molecule has 2 aromatic carbocycles. The van der Waals surface area contributed by atoms with Crippen LogP contribution in [0.15, 0.2) is 66.0 Å². The third-order valence-corrected chi connectivity index (χ3v) is 5.29. The number of aromatic amines is 1. The maximum atomic E-state index is 12.9. The molecule has 164 valence electrons. The van der Waals surface area contributed by atoms with Crippen molar-refractivity contribution in [3.05, 3.63) is 72.1 Å². The molecule has 0 aliphatic heterocycles. The van der Waals surface area contributed by atoms with E-state index in [0.29, 0.717) is 6.42 Å². The van der Waals surface area contributed by atoms with Gasteiger partial charge in [0.15, 0.2) is 0 Å². The third-order valence-electron chi connectivity index (χ3n) is 5.29. The van der Waals surface area contributed by atoms with Crippen molar-refractivity contribution in [2.24, 2.45) is 12.1 Å². The number of hydrogen-bond donors (Lipinski definition) is 3. The van der Waals surface area contributed by atoms with Gasteiger partial charge in [-0.1, -0.05) is 36.4 Å². The molecule has 8 nitrogen and oxygen atoms in total. The van der Waals surface area contributed by atoms with E-state index in [4.69, 9.17) is 4.74 Å². The second kappa shape index (κ2) is 9.38. The van der Waals surface area contributed by atoms with Gasteiger partial charge in [-0.05, 0) is 24.6 Å². The Kier molecular flexibility index (Phi) is 6.21. The van der Waals surface area contributed by atoms with E-state index in [-0.39, 0.29) is 6.61 Å². The van der Waals surface area contributed by atoms with E-state index < -0.39 is 18.0 Å². The van der Waals surface area contributed by atoms with Gasteiger partial charge >= 0.3 is 6.09 Å². The number of benzene rings is 2.